The van der Waals surface area contributed by atoms with Gasteiger partial charge in [0.2, 0.25) is 0 Å². The third kappa shape index (κ3) is 4.41. The predicted molar refractivity (Wildman–Crippen MR) is 130 cm³/mol. The lowest BCUT2D eigenvalue weighted by atomic mass is 9.73. The lowest BCUT2D eigenvalue weighted by molar-refractivity contribution is -0.271. The number of alkyl halides is 3. The predicted octanol–water partition coefficient (Wildman–Crippen LogP) is 5.52. The third-order valence-electron chi connectivity index (χ3n) is 7.58. The van der Waals surface area contributed by atoms with Crippen LogP contribution in [0.5, 0.6) is 5.75 Å². The van der Waals surface area contributed by atoms with Gasteiger partial charge in [0.15, 0.2) is 5.60 Å². The number of hydrogen-bond donors (Lipinski definition) is 2. The molecular weight excluding hydrogens is 469 g/mol. The Bertz CT molecular complexity index is 1250. The number of aliphatic hydroxyl groups excluding tert-OH is 1. The summed E-state index contributed by atoms with van der Waals surface area (Å²) in [5.74, 6) is 0.615. The Balaban J connectivity index is 1.53. The van der Waals surface area contributed by atoms with E-state index >= 15 is 0 Å². The number of ether oxygens (including phenoxy) is 1. The van der Waals surface area contributed by atoms with Crippen LogP contribution < -0.4 is 4.74 Å². The summed E-state index contributed by atoms with van der Waals surface area (Å²) in [6.07, 6.45) is 1.36. The molecule has 3 heterocycles. The Morgan fingerprint density at radius 1 is 1.08 bits per heavy atom. The molecule has 2 unspecified atom stereocenters. The summed E-state index contributed by atoms with van der Waals surface area (Å²) in [6.45, 7) is 3.30. The van der Waals surface area contributed by atoms with Crippen LogP contribution in [-0.4, -0.2) is 38.1 Å². The number of aromatic nitrogens is 2. The van der Waals surface area contributed by atoms with Crippen molar-refractivity contribution < 1.29 is 28.1 Å². The van der Waals surface area contributed by atoms with Crippen molar-refractivity contribution in [3.63, 3.8) is 0 Å². The number of nitrogens with zero attached hydrogens (tertiary/aromatic N) is 2. The van der Waals surface area contributed by atoms with Gasteiger partial charge in [0.1, 0.15) is 5.75 Å². The molecule has 1 aromatic carbocycles. The molecule has 2 aromatic heterocycles. The molecule has 2 N–H and O–H groups in total. The van der Waals surface area contributed by atoms with Crippen LogP contribution in [0.2, 0.25) is 0 Å². The van der Waals surface area contributed by atoms with Crippen LogP contribution in [0.15, 0.2) is 48.9 Å². The number of pyridine rings is 1. The maximum absolute atomic E-state index is 14.5. The standard InChI is InChI=1S/C28H31F3N2O3/c1-26(2,22-15-20(18-6-10-32-11-7-18)14-19-9-13-36-25(19)22)16-27(35,28(29,30)31)17-33-12-8-21-23(33)4-3-5-24(21)34/h6-8,10-12,14-15,24,34-35H,3-5,9,13,16-17H2,1-2H3. The molecule has 0 radical (unpaired) electrons. The van der Waals surface area contributed by atoms with E-state index in [0.29, 0.717) is 54.9 Å². The van der Waals surface area contributed by atoms with Gasteiger partial charge in [-0.15, -0.1) is 0 Å². The van der Waals surface area contributed by atoms with Crippen molar-refractivity contribution in [2.45, 2.75) is 75.8 Å². The van der Waals surface area contributed by atoms with Gasteiger partial charge in [-0.1, -0.05) is 13.8 Å². The van der Waals surface area contributed by atoms with E-state index in [1.807, 2.05) is 24.3 Å². The van der Waals surface area contributed by atoms with E-state index in [1.165, 1.54) is 4.57 Å². The molecule has 0 saturated carbocycles. The molecule has 2 aliphatic rings. The molecule has 8 heteroatoms. The molecule has 0 bridgehead atoms. The van der Waals surface area contributed by atoms with Gasteiger partial charge in [-0.25, -0.2) is 0 Å². The van der Waals surface area contributed by atoms with Gasteiger partial charge in [-0.05, 0) is 78.1 Å². The van der Waals surface area contributed by atoms with E-state index in [4.69, 9.17) is 4.74 Å². The zero-order chi connectivity index (χ0) is 25.7. The summed E-state index contributed by atoms with van der Waals surface area (Å²) >= 11 is 0. The van der Waals surface area contributed by atoms with Gasteiger partial charge in [-0.3, -0.25) is 4.98 Å². The van der Waals surface area contributed by atoms with E-state index < -0.39 is 36.3 Å². The number of halogens is 3. The molecule has 192 valence electrons. The van der Waals surface area contributed by atoms with Crippen molar-refractivity contribution >= 4 is 0 Å². The van der Waals surface area contributed by atoms with Crippen molar-refractivity contribution in [1.29, 1.82) is 0 Å². The second-order valence-electron chi connectivity index (χ2n) is 10.7. The van der Waals surface area contributed by atoms with Crippen molar-refractivity contribution in [2.24, 2.45) is 0 Å². The maximum Gasteiger partial charge on any atom is 0.418 e. The lowest BCUT2D eigenvalue weighted by Crippen LogP contribution is -2.52. The molecule has 0 fully saturated rings. The van der Waals surface area contributed by atoms with E-state index in [1.54, 1.807) is 38.5 Å². The molecule has 36 heavy (non-hydrogen) atoms. The average molecular weight is 501 g/mol. The zero-order valence-electron chi connectivity index (χ0n) is 20.5. The number of fused-ring (bicyclic) bond motifs is 2. The Morgan fingerprint density at radius 2 is 1.83 bits per heavy atom. The quantitative estimate of drug-likeness (QED) is 0.468. The van der Waals surface area contributed by atoms with E-state index in [-0.39, 0.29) is 0 Å². The molecular formula is C28H31F3N2O3. The molecule has 1 aliphatic heterocycles. The van der Waals surface area contributed by atoms with Gasteiger partial charge < -0.3 is 19.5 Å². The Labute approximate surface area is 208 Å². The highest BCUT2D eigenvalue weighted by atomic mass is 19.4. The van der Waals surface area contributed by atoms with Crippen molar-refractivity contribution in [3.8, 4) is 16.9 Å². The fourth-order valence-corrected chi connectivity index (χ4v) is 5.76. The lowest BCUT2D eigenvalue weighted by Gasteiger charge is -2.39. The van der Waals surface area contributed by atoms with Gasteiger partial charge >= 0.3 is 6.18 Å². The van der Waals surface area contributed by atoms with Crippen LogP contribution >= 0.6 is 0 Å². The normalized spacial score (nSPS) is 19.4. The highest BCUT2D eigenvalue weighted by Gasteiger charge is 2.56. The summed E-state index contributed by atoms with van der Waals surface area (Å²) in [5, 5.41) is 21.5. The first-order chi connectivity index (χ1) is 17.0. The van der Waals surface area contributed by atoms with Gasteiger partial charge in [-0.2, -0.15) is 13.2 Å². The Morgan fingerprint density at radius 3 is 2.56 bits per heavy atom. The van der Waals surface area contributed by atoms with Crippen LogP contribution in [0.3, 0.4) is 0 Å². The molecule has 3 aromatic rings. The van der Waals surface area contributed by atoms with Gasteiger partial charge in [0.25, 0.3) is 0 Å². The summed E-state index contributed by atoms with van der Waals surface area (Å²) in [5.41, 5.74) is 0.681. The first-order valence-corrected chi connectivity index (χ1v) is 12.3. The maximum atomic E-state index is 14.5. The monoisotopic (exact) mass is 500 g/mol. The van der Waals surface area contributed by atoms with Crippen LogP contribution in [0, 0.1) is 0 Å². The highest BCUT2D eigenvalue weighted by Crippen LogP contribution is 2.47. The van der Waals surface area contributed by atoms with Crippen LogP contribution in [-0.2, 0) is 24.8 Å². The molecule has 0 saturated heterocycles. The number of rotatable bonds is 6. The fraction of sp³-hybridized carbons (Fsp3) is 0.464. The van der Waals surface area contributed by atoms with Crippen LogP contribution in [0.25, 0.3) is 11.1 Å². The summed E-state index contributed by atoms with van der Waals surface area (Å²) in [7, 11) is 0. The largest absolute Gasteiger partial charge is 0.493 e. The average Bonchev–Trinajstić information content (AvgIpc) is 3.46. The second-order valence-corrected chi connectivity index (χ2v) is 10.7. The molecule has 5 rings (SSSR count). The summed E-state index contributed by atoms with van der Waals surface area (Å²) in [4.78, 5) is 4.06. The third-order valence-corrected chi connectivity index (χ3v) is 7.58. The topological polar surface area (TPSA) is 67.5 Å². The fourth-order valence-electron chi connectivity index (χ4n) is 5.76. The molecule has 0 amide bonds. The SMILES string of the molecule is CC(C)(CC(O)(Cn1ccc2c1CCCC2O)C(F)(F)F)c1cc(-c2ccncc2)cc2c1OCC2. The number of benzene rings is 1. The van der Waals surface area contributed by atoms with Crippen LogP contribution in [0.1, 0.15) is 61.6 Å². The molecule has 2 atom stereocenters. The van der Waals surface area contributed by atoms with Gasteiger partial charge in [0, 0.05) is 41.8 Å². The van der Waals surface area contributed by atoms with Crippen molar-refractivity contribution in [1.82, 2.24) is 9.55 Å². The summed E-state index contributed by atoms with van der Waals surface area (Å²) in [6, 6.07) is 9.29. The molecule has 5 nitrogen and oxygen atoms in total. The van der Waals surface area contributed by atoms with E-state index in [2.05, 4.69) is 4.98 Å². The smallest absolute Gasteiger partial charge is 0.418 e. The first-order valence-electron chi connectivity index (χ1n) is 12.3. The first kappa shape index (κ1) is 24.8. The van der Waals surface area contributed by atoms with Gasteiger partial charge in [0.05, 0.1) is 19.3 Å². The minimum Gasteiger partial charge on any atom is -0.493 e. The van der Waals surface area contributed by atoms with Crippen LogP contribution in [0.4, 0.5) is 13.2 Å². The summed E-state index contributed by atoms with van der Waals surface area (Å²) < 4.78 is 50.9. The van der Waals surface area contributed by atoms with Crippen molar-refractivity contribution in [3.05, 3.63) is 71.3 Å². The molecule has 1 aliphatic carbocycles. The number of hydrogen-bond acceptors (Lipinski definition) is 4. The van der Waals surface area contributed by atoms with E-state index in [9.17, 15) is 23.4 Å². The van der Waals surface area contributed by atoms with E-state index in [0.717, 1.165) is 16.7 Å². The van der Waals surface area contributed by atoms with Crippen molar-refractivity contribution in [2.75, 3.05) is 6.61 Å². The minimum absolute atomic E-state index is 0.472. The second kappa shape index (κ2) is 8.92. The minimum atomic E-state index is -4.86. The zero-order valence-corrected chi connectivity index (χ0v) is 20.5. The molecule has 0 spiro atoms. The highest BCUT2D eigenvalue weighted by molar-refractivity contribution is 5.68. The Hall–Kier alpha value is -2.84. The Kier molecular flexibility index (Phi) is 6.16. The number of aliphatic hydroxyl groups is 2.